The van der Waals surface area contributed by atoms with Crippen LogP contribution < -0.4 is 10.1 Å². The Hall–Kier alpha value is -1.02. The second kappa shape index (κ2) is 6.42. The van der Waals surface area contributed by atoms with Crippen LogP contribution in [0.3, 0.4) is 0 Å². The number of aryl methyl sites for hydroxylation is 2. The zero-order valence-corrected chi connectivity index (χ0v) is 13.6. The van der Waals surface area contributed by atoms with E-state index in [0.29, 0.717) is 5.92 Å². The van der Waals surface area contributed by atoms with Gasteiger partial charge < -0.3 is 10.1 Å². The summed E-state index contributed by atoms with van der Waals surface area (Å²) >= 11 is 0. The second-order valence-corrected chi connectivity index (χ2v) is 6.33. The summed E-state index contributed by atoms with van der Waals surface area (Å²) in [6.45, 7) is 12.2. The topological polar surface area (TPSA) is 21.3 Å². The lowest BCUT2D eigenvalue weighted by molar-refractivity contribution is 0.334. The first-order chi connectivity index (χ1) is 8.84. The third-order valence-electron chi connectivity index (χ3n) is 3.89. The molecule has 2 heteroatoms. The first kappa shape index (κ1) is 16.0. The van der Waals surface area contributed by atoms with Crippen LogP contribution in [0.15, 0.2) is 12.1 Å². The normalized spacial score (nSPS) is 14.5. The molecule has 1 aromatic rings. The molecule has 1 rings (SSSR count). The lowest BCUT2D eigenvalue weighted by Crippen LogP contribution is -2.35. The molecule has 19 heavy (non-hydrogen) atoms. The van der Waals surface area contributed by atoms with Crippen LogP contribution in [0, 0.1) is 19.8 Å². The van der Waals surface area contributed by atoms with Crippen LogP contribution in [-0.4, -0.2) is 20.7 Å². The van der Waals surface area contributed by atoms with E-state index in [4.69, 9.17) is 4.74 Å². The molecule has 0 spiro atoms. The molecule has 1 unspecified atom stereocenters. The summed E-state index contributed by atoms with van der Waals surface area (Å²) in [6.07, 6.45) is 1.15. The summed E-state index contributed by atoms with van der Waals surface area (Å²) in [5.41, 5.74) is 4.05. The molecule has 0 bridgehead atoms. The fourth-order valence-electron chi connectivity index (χ4n) is 3.00. The summed E-state index contributed by atoms with van der Waals surface area (Å²) in [6, 6.07) is 4.47. The minimum Gasteiger partial charge on any atom is -0.496 e. The summed E-state index contributed by atoms with van der Waals surface area (Å²) < 4.78 is 5.63. The van der Waals surface area contributed by atoms with Crippen LogP contribution in [0.25, 0.3) is 0 Å². The van der Waals surface area contributed by atoms with E-state index < -0.39 is 0 Å². The van der Waals surface area contributed by atoms with Crippen molar-refractivity contribution in [1.82, 2.24) is 5.32 Å². The van der Waals surface area contributed by atoms with Gasteiger partial charge >= 0.3 is 0 Å². The van der Waals surface area contributed by atoms with Crippen molar-refractivity contribution in [3.8, 4) is 5.75 Å². The second-order valence-electron chi connectivity index (χ2n) is 6.33. The monoisotopic (exact) mass is 263 g/mol. The van der Waals surface area contributed by atoms with Crippen LogP contribution in [-0.2, 0) is 5.41 Å². The molecule has 2 nitrogen and oxygen atoms in total. The highest BCUT2D eigenvalue weighted by Gasteiger charge is 2.30. The van der Waals surface area contributed by atoms with Gasteiger partial charge in [-0.1, -0.05) is 26.8 Å². The Bertz CT molecular complexity index is 426. The Morgan fingerprint density at radius 3 is 2.26 bits per heavy atom. The average molecular weight is 263 g/mol. The highest BCUT2D eigenvalue weighted by molar-refractivity contribution is 5.46. The molecule has 0 heterocycles. The fraction of sp³-hybridized carbons (Fsp3) is 0.647. The van der Waals surface area contributed by atoms with Crippen LogP contribution in [0.2, 0.25) is 0 Å². The molecule has 0 aliphatic heterocycles. The molecule has 0 radical (unpaired) electrons. The van der Waals surface area contributed by atoms with Crippen molar-refractivity contribution in [3.63, 3.8) is 0 Å². The minimum absolute atomic E-state index is 0.104. The van der Waals surface area contributed by atoms with Crippen LogP contribution in [0.1, 0.15) is 43.9 Å². The molecule has 1 N–H and O–H groups in total. The first-order valence-electron chi connectivity index (χ1n) is 7.14. The molecule has 0 aromatic heterocycles. The maximum atomic E-state index is 5.63. The zero-order chi connectivity index (χ0) is 14.6. The van der Waals surface area contributed by atoms with Gasteiger partial charge in [0.2, 0.25) is 0 Å². The van der Waals surface area contributed by atoms with E-state index in [1.54, 1.807) is 7.11 Å². The standard InChI is InChI=1S/C17H29NO/c1-12(2)10-17(5,11-18-6)15-8-13(3)14(4)9-16(15)19-7/h8-9,12,18H,10-11H2,1-7H3. The molecule has 1 aromatic carbocycles. The summed E-state index contributed by atoms with van der Waals surface area (Å²) in [4.78, 5) is 0. The highest BCUT2D eigenvalue weighted by atomic mass is 16.5. The number of ether oxygens (including phenoxy) is 1. The molecule has 0 saturated heterocycles. The van der Waals surface area contributed by atoms with Crippen molar-refractivity contribution in [2.45, 2.75) is 46.5 Å². The minimum atomic E-state index is 0.104. The molecule has 0 fully saturated rings. The lowest BCUT2D eigenvalue weighted by atomic mass is 9.74. The van der Waals surface area contributed by atoms with Crippen molar-refractivity contribution in [2.24, 2.45) is 5.92 Å². The number of hydrogen-bond donors (Lipinski definition) is 1. The van der Waals surface area contributed by atoms with Gasteiger partial charge in [0.05, 0.1) is 7.11 Å². The van der Waals surface area contributed by atoms with E-state index in [-0.39, 0.29) is 5.41 Å². The predicted octanol–water partition coefficient (Wildman–Crippen LogP) is 3.84. The van der Waals surface area contributed by atoms with Gasteiger partial charge in [0.15, 0.2) is 0 Å². The molecule has 1 atom stereocenters. The number of likely N-dealkylation sites (N-methyl/N-ethyl adjacent to an activating group) is 1. The molecular weight excluding hydrogens is 234 g/mol. The smallest absolute Gasteiger partial charge is 0.122 e. The Kier molecular flexibility index (Phi) is 5.42. The van der Waals surface area contributed by atoms with E-state index >= 15 is 0 Å². The van der Waals surface area contributed by atoms with Crippen LogP contribution >= 0.6 is 0 Å². The van der Waals surface area contributed by atoms with Gasteiger partial charge in [0, 0.05) is 17.5 Å². The largest absolute Gasteiger partial charge is 0.496 e. The number of benzene rings is 1. The van der Waals surface area contributed by atoms with Gasteiger partial charge in [0.1, 0.15) is 5.75 Å². The number of rotatable bonds is 6. The fourth-order valence-corrected chi connectivity index (χ4v) is 3.00. The van der Waals surface area contributed by atoms with E-state index in [1.807, 2.05) is 7.05 Å². The van der Waals surface area contributed by atoms with E-state index in [9.17, 15) is 0 Å². The molecule has 108 valence electrons. The van der Waals surface area contributed by atoms with E-state index in [0.717, 1.165) is 18.7 Å². The van der Waals surface area contributed by atoms with Crippen molar-refractivity contribution < 1.29 is 4.74 Å². The quantitative estimate of drug-likeness (QED) is 0.842. The number of nitrogens with one attached hydrogen (secondary N) is 1. The highest BCUT2D eigenvalue weighted by Crippen LogP contribution is 2.38. The van der Waals surface area contributed by atoms with Crippen molar-refractivity contribution >= 4 is 0 Å². The van der Waals surface area contributed by atoms with Crippen molar-refractivity contribution in [3.05, 3.63) is 28.8 Å². The first-order valence-corrected chi connectivity index (χ1v) is 7.14. The summed E-state index contributed by atoms with van der Waals surface area (Å²) in [7, 11) is 3.79. The Balaban J connectivity index is 3.32. The van der Waals surface area contributed by atoms with Gasteiger partial charge in [-0.25, -0.2) is 0 Å². The summed E-state index contributed by atoms with van der Waals surface area (Å²) in [5.74, 6) is 1.67. The van der Waals surface area contributed by atoms with E-state index in [2.05, 4.69) is 52.1 Å². The Morgan fingerprint density at radius 2 is 1.79 bits per heavy atom. The number of methoxy groups -OCH3 is 1. The molecular formula is C17H29NO. The third-order valence-corrected chi connectivity index (χ3v) is 3.89. The maximum Gasteiger partial charge on any atom is 0.122 e. The van der Waals surface area contributed by atoms with E-state index in [1.165, 1.54) is 16.7 Å². The van der Waals surface area contributed by atoms with Crippen LogP contribution in [0.5, 0.6) is 5.75 Å². The maximum absolute atomic E-state index is 5.63. The average Bonchev–Trinajstić information content (AvgIpc) is 2.31. The SMILES string of the molecule is CNCC(C)(CC(C)C)c1cc(C)c(C)cc1OC. The van der Waals surface area contributed by atoms with Crippen LogP contribution in [0.4, 0.5) is 0 Å². The molecule has 0 aliphatic carbocycles. The van der Waals surface area contributed by atoms with Gasteiger partial charge in [-0.2, -0.15) is 0 Å². The molecule has 0 saturated carbocycles. The van der Waals surface area contributed by atoms with Crippen molar-refractivity contribution in [1.29, 1.82) is 0 Å². The Labute approximate surface area is 118 Å². The summed E-state index contributed by atoms with van der Waals surface area (Å²) in [5, 5.41) is 3.34. The number of hydrogen-bond acceptors (Lipinski definition) is 2. The Morgan fingerprint density at radius 1 is 1.21 bits per heavy atom. The van der Waals surface area contributed by atoms with Gasteiger partial charge in [0.25, 0.3) is 0 Å². The van der Waals surface area contributed by atoms with Crippen molar-refractivity contribution in [2.75, 3.05) is 20.7 Å². The third kappa shape index (κ3) is 3.73. The molecule has 0 aliphatic rings. The van der Waals surface area contributed by atoms with Gasteiger partial charge in [-0.05, 0) is 50.4 Å². The predicted molar refractivity (Wildman–Crippen MR) is 83.2 cm³/mol. The lowest BCUT2D eigenvalue weighted by Gasteiger charge is -2.33. The molecule has 0 amide bonds. The zero-order valence-electron chi connectivity index (χ0n) is 13.6. The van der Waals surface area contributed by atoms with Gasteiger partial charge in [-0.3, -0.25) is 0 Å². The van der Waals surface area contributed by atoms with Gasteiger partial charge in [-0.15, -0.1) is 0 Å².